The van der Waals surface area contributed by atoms with Gasteiger partial charge in [-0.1, -0.05) is 29.3 Å². The number of hydrogen-bond donors (Lipinski definition) is 0. The maximum absolute atomic E-state index is 9.52. The first-order valence-electron chi connectivity index (χ1n) is 7.86. The van der Waals surface area contributed by atoms with Gasteiger partial charge in [-0.25, -0.2) is 4.98 Å². The van der Waals surface area contributed by atoms with Gasteiger partial charge in [0.25, 0.3) is 0 Å². The first kappa shape index (κ1) is 18.5. The fourth-order valence-electron chi connectivity index (χ4n) is 2.33. The lowest BCUT2D eigenvalue weighted by Gasteiger charge is -2.03. The Balaban J connectivity index is 1.89. The number of nitrogens with zero attached hydrogens (tertiary/aromatic N) is 2. The van der Waals surface area contributed by atoms with Crippen LogP contribution in [0.5, 0.6) is 5.75 Å². The van der Waals surface area contributed by atoms with Crippen molar-refractivity contribution in [2.75, 3.05) is 6.61 Å². The summed E-state index contributed by atoms with van der Waals surface area (Å²) in [5.41, 5.74) is 2.97. The molecular weight excluding hydrogens is 387 g/mol. The summed E-state index contributed by atoms with van der Waals surface area (Å²) in [7, 11) is 0. The summed E-state index contributed by atoms with van der Waals surface area (Å²) in [5.74, 6) is 0.821. The zero-order valence-electron chi connectivity index (χ0n) is 13.9. The van der Waals surface area contributed by atoms with E-state index in [2.05, 4.69) is 11.1 Å². The van der Waals surface area contributed by atoms with Crippen molar-refractivity contribution in [1.29, 1.82) is 5.26 Å². The molecule has 0 N–H and O–H groups in total. The summed E-state index contributed by atoms with van der Waals surface area (Å²) in [5, 5.41) is 13.1. The van der Waals surface area contributed by atoms with Crippen LogP contribution in [0.3, 0.4) is 0 Å². The molecule has 0 bridgehead atoms. The minimum Gasteiger partial charge on any atom is -0.494 e. The van der Waals surface area contributed by atoms with Gasteiger partial charge in [0.05, 0.1) is 17.9 Å². The number of halogens is 2. The first-order chi connectivity index (χ1) is 12.6. The third kappa shape index (κ3) is 4.25. The Morgan fingerprint density at radius 1 is 1.23 bits per heavy atom. The van der Waals surface area contributed by atoms with E-state index in [0.717, 1.165) is 22.6 Å². The minimum absolute atomic E-state index is 0.455. The lowest BCUT2D eigenvalue weighted by atomic mass is 10.1. The molecule has 1 heterocycles. The number of benzene rings is 2. The number of rotatable bonds is 5. The van der Waals surface area contributed by atoms with Crippen molar-refractivity contribution < 1.29 is 4.74 Å². The number of hydrogen-bond acceptors (Lipinski definition) is 4. The zero-order chi connectivity index (χ0) is 18.5. The van der Waals surface area contributed by atoms with E-state index in [4.69, 9.17) is 27.9 Å². The smallest absolute Gasteiger partial charge is 0.134 e. The van der Waals surface area contributed by atoms with Gasteiger partial charge >= 0.3 is 0 Å². The summed E-state index contributed by atoms with van der Waals surface area (Å²) in [6.45, 7) is 2.58. The van der Waals surface area contributed by atoms with E-state index in [1.54, 1.807) is 24.3 Å². The highest BCUT2D eigenvalue weighted by atomic mass is 35.5. The maximum Gasteiger partial charge on any atom is 0.134 e. The SMILES string of the molecule is CCOc1ccc(-c2csc(/C(C#N)=C/c3ccc(Cl)cc3Cl)n2)cc1. The van der Waals surface area contributed by atoms with Crippen LogP contribution in [0.1, 0.15) is 17.5 Å². The normalized spacial score (nSPS) is 11.2. The summed E-state index contributed by atoms with van der Waals surface area (Å²) >= 11 is 13.5. The average Bonchev–Trinajstić information content (AvgIpc) is 3.12. The van der Waals surface area contributed by atoms with Gasteiger partial charge in [-0.15, -0.1) is 11.3 Å². The Morgan fingerprint density at radius 2 is 2.00 bits per heavy atom. The van der Waals surface area contributed by atoms with Crippen LogP contribution in [-0.2, 0) is 0 Å². The van der Waals surface area contributed by atoms with Crippen LogP contribution >= 0.6 is 34.5 Å². The monoisotopic (exact) mass is 400 g/mol. The maximum atomic E-state index is 9.52. The van der Waals surface area contributed by atoms with Crippen LogP contribution < -0.4 is 4.74 Å². The van der Waals surface area contributed by atoms with Crippen molar-refractivity contribution >= 4 is 46.2 Å². The molecule has 0 aliphatic rings. The van der Waals surface area contributed by atoms with Crippen molar-refractivity contribution in [3.63, 3.8) is 0 Å². The highest BCUT2D eigenvalue weighted by Crippen LogP contribution is 2.30. The lowest BCUT2D eigenvalue weighted by Crippen LogP contribution is -1.90. The summed E-state index contributed by atoms with van der Waals surface area (Å²) in [6, 6.07) is 15.1. The summed E-state index contributed by atoms with van der Waals surface area (Å²) in [4.78, 5) is 4.59. The molecule has 3 aromatic rings. The van der Waals surface area contributed by atoms with Crippen LogP contribution in [0.2, 0.25) is 10.0 Å². The molecule has 6 heteroatoms. The Kier molecular flexibility index (Phi) is 5.95. The van der Waals surface area contributed by atoms with Crippen molar-refractivity contribution in [2.24, 2.45) is 0 Å². The lowest BCUT2D eigenvalue weighted by molar-refractivity contribution is 0.340. The molecule has 0 radical (unpaired) electrons. The Bertz CT molecular complexity index is 988. The molecule has 0 unspecified atom stereocenters. The number of ether oxygens (including phenoxy) is 1. The van der Waals surface area contributed by atoms with Crippen LogP contribution in [0.25, 0.3) is 22.9 Å². The van der Waals surface area contributed by atoms with Crippen molar-refractivity contribution in [2.45, 2.75) is 6.92 Å². The molecule has 0 spiro atoms. The van der Waals surface area contributed by atoms with Crippen LogP contribution in [-0.4, -0.2) is 11.6 Å². The molecular formula is C20H14Cl2N2OS. The molecule has 3 rings (SSSR count). The van der Waals surface area contributed by atoms with Crippen molar-refractivity contribution in [3.05, 3.63) is 68.5 Å². The van der Waals surface area contributed by atoms with Gasteiger partial charge in [0.2, 0.25) is 0 Å². The van der Waals surface area contributed by atoms with E-state index in [1.165, 1.54) is 11.3 Å². The summed E-state index contributed by atoms with van der Waals surface area (Å²) < 4.78 is 5.45. The number of nitriles is 1. The van der Waals surface area contributed by atoms with E-state index in [0.29, 0.717) is 27.2 Å². The molecule has 26 heavy (non-hydrogen) atoms. The molecule has 1 aromatic heterocycles. The molecule has 3 nitrogen and oxygen atoms in total. The quantitative estimate of drug-likeness (QED) is 0.454. The van der Waals surface area contributed by atoms with Gasteiger partial charge in [-0.3, -0.25) is 0 Å². The fraction of sp³-hybridized carbons (Fsp3) is 0.100. The molecule has 130 valence electrons. The average molecular weight is 401 g/mol. The van der Waals surface area contributed by atoms with Gasteiger partial charge in [0, 0.05) is 21.0 Å². The van der Waals surface area contributed by atoms with Crippen LogP contribution in [0.15, 0.2) is 47.8 Å². The third-order valence-corrected chi connectivity index (χ3v) is 5.02. The molecule has 0 saturated heterocycles. The second-order valence-electron chi connectivity index (χ2n) is 5.33. The van der Waals surface area contributed by atoms with Gasteiger partial charge in [0.15, 0.2) is 0 Å². The van der Waals surface area contributed by atoms with Gasteiger partial charge in [0.1, 0.15) is 16.8 Å². The number of aromatic nitrogens is 1. The standard InChI is InChI=1S/C20H14Cl2N2OS/c1-2-25-17-7-4-13(5-8-17)19-12-26-20(24-19)15(11-23)9-14-3-6-16(21)10-18(14)22/h3-10,12H,2H2,1H3/b15-9+. The van der Waals surface area contributed by atoms with E-state index >= 15 is 0 Å². The Hall–Kier alpha value is -2.32. The van der Waals surface area contributed by atoms with Crippen molar-refractivity contribution in [1.82, 2.24) is 4.98 Å². The topological polar surface area (TPSA) is 45.9 Å². The van der Waals surface area contributed by atoms with Gasteiger partial charge in [-0.05, 0) is 55.0 Å². The fourth-order valence-corrected chi connectivity index (χ4v) is 3.59. The second kappa shape index (κ2) is 8.37. The molecule has 0 aliphatic carbocycles. The second-order valence-corrected chi connectivity index (χ2v) is 7.03. The van der Waals surface area contributed by atoms with E-state index < -0.39 is 0 Å². The Labute approximate surface area is 166 Å². The molecule has 0 fully saturated rings. The van der Waals surface area contributed by atoms with Crippen LogP contribution in [0, 0.1) is 11.3 Å². The van der Waals surface area contributed by atoms with Crippen molar-refractivity contribution in [3.8, 4) is 23.1 Å². The molecule has 0 atom stereocenters. The molecule has 2 aromatic carbocycles. The minimum atomic E-state index is 0.455. The highest BCUT2D eigenvalue weighted by molar-refractivity contribution is 7.11. The molecule has 0 amide bonds. The van der Waals surface area contributed by atoms with Gasteiger partial charge in [-0.2, -0.15) is 5.26 Å². The summed E-state index contributed by atoms with van der Waals surface area (Å²) in [6.07, 6.45) is 1.72. The van der Waals surface area contributed by atoms with Crippen LogP contribution in [0.4, 0.5) is 0 Å². The number of thiazole rings is 1. The predicted octanol–water partition coefficient (Wildman–Crippen LogP) is 6.58. The van der Waals surface area contributed by atoms with E-state index in [-0.39, 0.29) is 0 Å². The predicted molar refractivity (Wildman–Crippen MR) is 109 cm³/mol. The third-order valence-electron chi connectivity index (χ3n) is 3.58. The van der Waals surface area contributed by atoms with E-state index in [9.17, 15) is 5.26 Å². The molecule has 0 aliphatic heterocycles. The molecule has 0 saturated carbocycles. The van der Waals surface area contributed by atoms with E-state index in [1.807, 2.05) is 36.6 Å². The first-order valence-corrected chi connectivity index (χ1v) is 9.50. The highest BCUT2D eigenvalue weighted by Gasteiger charge is 2.10. The number of allylic oxidation sites excluding steroid dienone is 1. The zero-order valence-corrected chi connectivity index (χ0v) is 16.2. The van der Waals surface area contributed by atoms with Gasteiger partial charge < -0.3 is 4.74 Å². The Morgan fingerprint density at radius 3 is 2.65 bits per heavy atom. The largest absolute Gasteiger partial charge is 0.494 e.